The van der Waals surface area contributed by atoms with Crippen LogP contribution in [0.4, 0.5) is 0 Å². The molecule has 1 amide bonds. The lowest BCUT2D eigenvalue weighted by molar-refractivity contribution is 0.0921. The average Bonchev–Trinajstić information content (AvgIpc) is 3.32. The van der Waals surface area contributed by atoms with Gasteiger partial charge in [-0.3, -0.25) is 4.79 Å². The second-order valence-corrected chi connectivity index (χ2v) is 6.96. The molecule has 1 fully saturated rings. The number of nitrogens with zero attached hydrogens (tertiary/aromatic N) is 4. The number of aromatic nitrogens is 4. The van der Waals surface area contributed by atoms with Crippen molar-refractivity contribution >= 4 is 23.3 Å². The van der Waals surface area contributed by atoms with E-state index in [1.54, 1.807) is 4.52 Å². The van der Waals surface area contributed by atoms with Crippen LogP contribution in [0.15, 0.2) is 30.3 Å². The molecule has 0 saturated heterocycles. The van der Waals surface area contributed by atoms with Crippen molar-refractivity contribution in [2.75, 3.05) is 0 Å². The van der Waals surface area contributed by atoms with Crippen molar-refractivity contribution in [3.63, 3.8) is 0 Å². The van der Waals surface area contributed by atoms with Crippen LogP contribution >= 0.6 is 11.6 Å². The van der Waals surface area contributed by atoms with Crippen LogP contribution in [-0.4, -0.2) is 25.5 Å². The van der Waals surface area contributed by atoms with Crippen LogP contribution < -0.4 is 5.32 Å². The average molecular weight is 356 g/mol. The molecule has 0 aliphatic heterocycles. The number of halogens is 1. The minimum Gasteiger partial charge on any atom is -0.342 e. The van der Waals surface area contributed by atoms with Crippen molar-refractivity contribution in [2.45, 2.75) is 32.7 Å². The van der Waals surface area contributed by atoms with Gasteiger partial charge in [0.05, 0.1) is 6.04 Å². The van der Waals surface area contributed by atoms with Crippen molar-refractivity contribution in [2.24, 2.45) is 5.92 Å². The van der Waals surface area contributed by atoms with Crippen LogP contribution in [0.2, 0.25) is 5.02 Å². The molecule has 1 aliphatic rings. The van der Waals surface area contributed by atoms with Gasteiger partial charge >= 0.3 is 0 Å². The zero-order chi connectivity index (χ0) is 17.6. The molecule has 128 valence electrons. The number of rotatable bonds is 4. The van der Waals surface area contributed by atoms with Crippen LogP contribution in [0.5, 0.6) is 0 Å². The number of benzene rings is 1. The summed E-state index contributed by atoms with van der Waals surface area (Å²) < 4.78 is 1.59. The van der Waals surface area contributed by atoms with Gasteiger partial charge in [-0.1, -0.05) is 23.7 Å². The second kappa shape index (κ2) is 6.11. The first kappa shape index (κ1) is 16.0. The van der Waals surface area contributed by atoms with Gasteiger partial charge in [-0.25, -0.2) is 9.50 Å². The highest BCUT2D eigenvalue weighted by molar-refractivity contribution is 6.30. The number of fused-ring (bicyclic) bond motifs is 1. The fraction of sp³-hybridized carbons (Fsp3) is 0.333. The van der Waals surface area contributed by atoms with Crippen LogP contribution in [0.25, 0.3) is 5.78 Å². The molecule has 1 atom stereocenters. The molecule has 7 heteroatoms. The standard InChI is InChI=1S/C18H18ClN5O/c1-10-9-11(2)24-18(20-10)22-16(23-24)17(25)21-15(12-3-4-12)13-5-7-14(19)8-6-13/h5-9,12,15H,3-4H2,1-2H3,(H,21,25). The summed E-state index contributed by atoms with van der Waals surface area (Å²) >= 11 is 5.97. The number of carbonyl (C=O) groups is 1. The van der Waals surface area contributed by atoms with Crippen LogP contribution in [-0.2, 0) is 0 Å². The van der Waals surface area contributed by atoms with Gasteiger partial charge < -0.3 is 5.32 Å². The molecular formula is C18H18ClN5O. The van der Waals surface area contributed by atoms with Crippen LogP contribution in [0, 0.1) is 19.8 Å². The van der Waals surface area contributed by atoms with Crippen molar-refractivity contribution < 1.29 is 4.79 Å². The topological polar surface area (TPSA) is 72.2 Å². The van der Waals surface area contributed by atoms with Gasteiger partial charge in [-0.15, -0.1) is 5.10 Å². The first-order valence-corrected chi connectivity index (χ1v) is 8.66. The molecule has 3 aromatic rings. The molecule has 0 spiro atoms. The van der Waals surface area contributed by atoms with Gasteiger partial charge in [0.25, 0.3) is 11.7 Å². The summed E-state index contributed by atoms with van der Waals surface area (Å²) in [5, 5.41) is 8.07. The third kappa shape index (κ3) is 3.22. The van der Waals surface area contributed by atoms with E-state index in [9.17, 15) is 4.79 Å². The van der Waals surface area contributed by atoms with E-state index in [1.807, 2.05) is 44.2 Å². The van der Waals surface area contributed by atoms with E-state index in [0.717, 1.165) is 29.8 Å². The Morgan fingerprint density at radius 2 is 1.96 bits per heavy atom. The third-order valence-electron chi connectivity index (χ3n) is 4.43. The first-order chi connectivity index (χ1) is 12.0. The largest absolute Gasteiger partial charge is 0.342 e. The minimum absolute atomic E-state index is 0.0489. The highest BCUT2D eigenvalue weighted by atomic mass is 35.5. The van der Waals surface area contributed by atoms with Gasteiger partial charge in [0, 0.05) is 16.4 Å². The maximum absolute atomic E-state index is 12.7. The highest BCUT2D eigenvalue weighted by Gasteiger charge is 2.34. The predicted molar refractivity (Wildman–Crippen MR) is 94.6 cm³/mol. The molecule has 6 nitrogen and oxygen atoms in total. The smallest absolute Gasteiger partial charge is 0.291 e. The summed E-state index contributed by atoms with van der Waals surface area (Å²) in [6.45, 7) is 3.81. The maximum Gasteiger partial charge on any atom is 0.291 e. The van der Waals surface area contributed by atoms with E-state index in [2.05, 4.69) is 20.4 Å². The molecule has 0 bridgehead atoms. The highest BCUT2D eigenvalue weighted by Crippen LogP contribution is 2.41. The van der Waals surface area contributed by atoms with E-state index in [0.29, 0.717) is 16.7 Å². The van der Waals surface area contributed by atoms with E-state index >= 15 is 0 Å². The van der Waals surface area contributed by atoms with E-state index < -0.39 is 0 Å². The zero-order valence-corrected chi connectivity index (χ0v) is 14.8. The summed E-state index contributed by atoms with van der Waals surface area (Å²) in [4.78, 5) is 21.3. The molecule has 1 aromatic carbocycles. The lowest BCUT2D eigenvalue weighted by Gasteiger charge is -2.18. The Kier molecular flexibility index (Phi) is 3.92. The number of hydrogen-bond acceptors (Lipinski definition) is 4. The third-order valence-corrected chi connectivity index (χ3v) is 4.68. The Labute approximate surface area is 150 Å². The zero-order valence-electron chi connectivity index (χ0n) is 14.0. The fourth-order valence-electron chi connectivity index (χ4n) is 3.04. The number of aryl methyl sites for hydroxylation is 2. The Bertz CT molecular complexity index is 946. The van der Waals surface area contributed by atoms with Crippen molar-refractivity contribution in [3.8, 4) is 0 Å². The van der Waals surface area contributed by atoms with Crippen molar-refractivity contribution in [1.29, 1.82) is 0 Å². The number of carbonyl (C=O) groups excluding carboxylic acids is 1. The second-order valence-electron chi connectivity index (χ2n) is 6.53. The normalized spacial score (nSPS) is 15.3. The molecule has 1 aliphatic carbocycles. The lowest BCUT2D eigenvalue weighted by Crippen LogP contribution is -2.30. The van der Waals surface area contributed by atoms with Gasteiger partial charge in [0.2, 0.25) is 5.82 Å². The van der Waals surface area contributed by atoms with Gasteiger partial charge in [-0.2, -0.15) is 4.98 Å². The Morgan fingerprint density at radius 3 is 2.64 bits per heavy atom. The van der Waals surface area contributed by atoms with E-state index in [-0.39, 0.29) is 17.8 Å². The molecule has 25 heavy (non-hydrogen) atoms. The molecular weight excluding hydrogens is 338 g/mol. The summed E-state index contributed by atoms with van der Waals surface area (Å²) in [6, 6.07) is 9.46. The summed E-state index contributed by atoms with van der Waals surface area (Å²) in [6.07, 6.45) is 2.21. The molecule has 1 N–H and O–H groups in total. The molecule has 1 unspecified atom stereocenters. The van der Waals surface area contributed by atoms with Gasteiger partial charge in [0.1, 0.15) is 0 Å². The fourth-order valence-corrected chi connectivity index (χ4v) is 3.17. The van der Waals surface area contributed by atoms with Gasteiger partial charge in [0.15, 0.2) is 0 Å². The van der Waals surface area contributed by atoms with Crippen LogP contribution in [0.1, 0.15) is 46.5 Å². The number of amides is 1. The van der Waals surface area contributed by atoms with E-state index in [4.69, 9.17) is 11.6 Å². The van der Waals surface area contributed by atoms with Crippen molar-refractivity contribution in [1.82, 2.24) is 24.9 Å². The SMILES string of the molecule is Cc1cc(C)n2nc(C(=O)NC(c3ccc(Cl)cc3)C3CC3)nc2n1. The minimum atomic E-state index is -0.283. The Balaban J connectivity index is 1.61. The molecule has 4 rings (SSSR count). The van der Waals surface area contributed by atoms with Crippen LogP contribution in [0.3, 0.4) is 0 Å². The maximum atomic E-state index is 12.7. The molecule has 1 saturated carbocycles. The lowest BCUT2D eigenvalue weighted by atomic mass is 10.0. The Morgan fingerprint density at radius 1 is 1.24 bits per heavy atom. The Hall–Kier alpha value is -2.47. The molecule has 2 aromatic heterocycles. The predicted octanol–water partition coefficient (Wildman–Crippen LogP) is 3.28. The molecule has 2 heterocycles. The summed E-state index contributed by atoms with van der Waals surface area (Å²) in [5.41, 5.74) is 2.79. The summed E-state index contributed by atoms with van der Waals surface area (Å²) in [7, 11) is 0. The molecule has 0 radical (unpaired) electrons. The van der Waals surface area contributed by atoms with Crippen molar-refractivity contribution in [3.05, 3.63) is 58.1 Å². The quantitative estimate of drug-likeness (QED) is 0.779. The number of nitrogens with one attached hydrogen (secondary N) is 1. The monoisotopic (exact) mass is 355 g/mol. The summed E-state index contributed by atoms with van der Waals surface area (Å²) in [5.74, 6) is 0.747. The van der Waals surface area contributed by atoms with Gasteiger partial charge in [-0.05, 0) is 56.4 Å². The first-order valence-electron chi connectivity index (χ1n) is 8.28. The number of hydrogen-bond donors (Lipinski definition) is 1. The van der Waals surface area contributed by atoms with E-state index in [1.165, 1.54) is 0 Å².